The Hall–Kier alpha value is -1.94. The maximum atomic E-state index is 9.11. The van der Waals surface area contributed by atoms with Gasteiger partial charge in [0.25, 0.3) is 0 Å². The van der Waals surface area contributed by atoms with Gasteiger partial charge in [-0.05, 0) is 31.2 Å². The molecule has 2 aromatic rings. The van der Waals surface area contributed by atoms with Crippen LogP contribution in [-0.2, 0) is 13.2 Å². The van der Waals surface area contributed by atoms with E-state index in [-0.39, 0.29) is 6.61 Å². The Kier molecular flexibility index (Phi) is 4.25. The molecule has 0 atom stereocenters. The van der Waals surface area contributed by atoms with Crippen molar-refractivity contribution in [1.29, 1.82) is 0 Å². The van der Waals surface area contributed by atoms with E-state index in [1.165, 1.54) is 0 Å². The Morgan fingerprint density at radius 3 is 2.61 bits per heavy atom. The highest BCUT2D eigenvalue weighted by Crippen LogP contribution is 2.16. The summed E-state index contributed by atoms with van der Waals surface area (Å²) in [6.07, 6.45) is 3.52. The fraction of sp³-hybridized carbons (Fsp3) is 0.286. The van der Waals surface area contributed by atoms with Crippen LogP contribution in [0.5, 0.6) is 0 Å². The van der Waals surface area contributed by atoms with E-state index in [0.29, 0.717) is 5.69 Å². The van der Waals surface area contributed by atoms with Crippen molar-refractivity contribution < 1.29 is 5.11 Å². The van der Waals surface area contributed by atoms with Crippen LogP contribution in [0.1, 0.15) is 18.3 Å². The predicted molar refractivity (Wildman–Crippen MR) is 71.1 cm³/mol. The van der Waals surface area contributed by atoms with Gasteiger partial charge in [-0.3, -0.25) is 9.97 Å². The molecule has 0 saturated carbocycles. The standard InChI is InChI=1S/C14H17N3O/c1-2-17(10-12-5-3-4-7-15-12)14-6-8-16-13(9-14)11-18/h3-9,18H,2,10-11H2,1H3. The van der Waals surface area contributed by atoms with Gasteiger partial charge in [-0.2, -0.15) is 0 Å². The summed E-state index contributed by atoms with van der Waals surface area (Å²) in [5.74, 6) is 0. The van der Waals surface area contributed by atoms with Crippen molar-refractivity contribution in [2.75, 3.05) is 11.4 Å². The minimum Gasteiger partial charge on any atom is -0.390 e. The fourth-order valence-electron chi connectivity index (χ4n) is 1.82. The van der Waals surface area contributed by atoms with Gasteiger partial charge in [0.15, 0.2) is 0 Å². The number of hydrogen-bond acceptors (Lipinski definition) is 4. The van der Waals surface area contributed by atoms with E-state index in [1.54, 1.807) is 12.4 Å². The fourth-order valence-corrected chi connectivity index (χ4v) is 1.82. The minimum absolute atomic E-state index is 0.0328. The van der Waals surface area contributed by atoms with Gasteiger partial charge >= 0.3 is 0 Å². The van der Waals surface area contributed by atoms with Gasteiger partial charge < -0.3 is 10.0 Å². The summed E-state index contributed by atoms with van der Waals surface area (Å²) in [5, 5.41) is 9.11. The normalized spacial score (nSPS) is 10.3. The molecule has 0 spiro atoms. The van der Waals surface area contributed by atoms with Crippen molar-refractivity contribution >= 4 is 5.69 Å². The lowest BCUT2D eigenvalue weighted by atomic mass is 10.2. The second kappa shape index (κ2) is 6.12. The van der Waals surface area contributed by atoms with Gasteiger partial charge in [0.2, 0.25) is 0 Å². The van der Waals surface area contributed by atoms with Crippen molar-refractivity contribution in [3.63, 3.8) is 0 Å². The monoisotopic (exact) mass is 243 g/mol. The van der Waals surface area contributed by atoms with E-state index in [2.05, 4.69) is 21.8 Å². The first-order valence-electron chi connectivity index (χ1n) is 6.04. The van der Waals surface area contributed by atoms with E-state index < -0.39 is 0 Å². The summed E-state index contributed by atoms with van der Waals surface area (Å²) >= 11 is 0. The number of aromatic nitrogens is 2. The molecule has 0 saturated heterocycles. The lowest BCUT2D eigenvalue weighted by molar-refractivity contribution is 0.277. The molecule has 4 nitrogen and oxygen atoms in total. The number of hydrogen-bond donors (Lipinski definition) is 1. The highest BCUT2D eigenvalue weighted by Gasteiger charge is 2.06. The predicted octanol–water partition coefficient (Wildman–Crippen LogP) is 2.00. The molecule has 18 heavy (non-hydrogen) atoms. The number of nitrogens with zero attached hydrogens (tertiary/aromatic N) is 3. The second-order valence-corrected chi connectivity index (χ2v) is 4.00. The molecular weight excluding hydrogens is 226 g/mol. The molecule has 2 rings (SSSR count). The van der Waals surface area contributed by atoms with Crippen molar-refractivity contribution in [1.82, 2.24) is 9.97 Å². The third kappa shape index (κ3) is 3.05. The molecule has 0 amide bonds. The molecule has 4 heteroatoms. The minimum atomic E-state index is -0.0328. The summed E-state index contributed by atoms with van der Waals surface area (Å²) in [4.78, 5) is 10.6. The maximum absolute atomic E-state index is 9.11. The van der Waals surface area contributed by atoms with Crippen molar-refractivity contribution in [2.24, 2.45) is 0 Å². The molecule has 2 heterocycles. The first-order chi connectivity index (χ1) is 8.83. The smallest absolute Gasteiger partial charge is 0.0853 e. The van der Waals surface area contributed by atoms with E-state index >= 15 is 0 Å². The third-order valence-corrected chi connectivity index (χ3v) is 2.79. The molecule has 0 aliphatic carbocycles. The molecular formula is C14H17N3O. The van der Waals surface area contributed by atoms with E-state index in [9.17, 15) is 0 Å². The van der Waals surface area contributed by atoms with Crippen LogP contribution in [0.25, 0.3) is 0 Å². The molecule has 0 bridgehead atoms. The molecule has 0 radical (unpaired) electrons. The van der Waals surface area contributed by atoms with Crippen molar-refractivity contribution in [3.8, 4) is 0 Å². The van der Waals surface area contributed by atoms with E-state index in [0.717, 1.165) is 24.5 Å². The summed E-state index contributed by atoms with van der Waals surface area (Å²) in [6.45, 7) is 3.70. The van der Waals surface area contributed by atoms with Crippen LogP contribution in [0.3, 0.4) is 0 Å². The Balaban J connectivity index is 2.17. The Bertz CT molecular complexity index is 487. The first-order valence-corrected chi connectivity index (χ1v) is 6.04. The molecule has 0 aromatic carbocycles. The molecule has 2 aromatic heterocycles. The zero-order valence-corrected chi connectivity index (χ0v) is 10.5. The summed E-state index contributed by atoms with van der Waals surface area (Å²) in [6, 6.07) is 9.77. The first kappa shape index (κ1) is 12.5. The number of anilines is 1. The Morgan fingerprint density at radius 1 is 1.11 bits per heavy atom. The van der Waals surface area contributed by atoms with Gasteiger partial charge in [-0.25, -0.2) is 0 Å². The van der Waals surface area contributed by atoms with Crippen LogP contribution in [0.4, 0.5) is 5.69 Å². The average Bonchev–Trinajstić information content (AvgIpc) is 2.46. The SMILES string of the molecule is CCN(Cc1ccccn1)c1ccnc(CO)c1. The highest BCUT2D eigenvalue weighted by molar-refractivity contribution is 5.46. The maximum Gasteiger partial charge on any atom is 0.0853 e. The van der Waals surface area contributed by atoms with Gasteiger partial charge in [-0.1, -0.05) is 6.07 Å². The van der Waals surface area contributed by atoms with Crippen LogP contribution in [0.15, 0.2) is 42.7 Å². The zero-order chi connectivity index (χ0) is 12.8. The molecule has 0 aliphatic rings. The lowest BCUT2D eigenvalue weighted by Gasteiger charge is -2.22. The average molecular weight is 243 g/mol. The third-order valence-electron chi connectivity index (χ3n) is 2.79. The number of aliphatic hydroxyl groups excluding tert-OH is 1. The van der Waals surface area contributed by atoms with E-state index in [4.69, 9.17) is 5.11 Å². The molecule has 94 valence electrons. The summed E-state index contributed by atoms with van der Waals surface area (Å²) in [5.41, 5.74) is 2.77. The Morgan fingerprint density at radius 2 is 1.94 bits per heavy atom. The number of rotatable bonds is 5. The second-order valence-electron chi connectivity index (χ2n) is 4.00. The molecule has 1 N–H and O–H groups in total. The van der Waals surface area contributed by atoms with Gasteiger partial charge in [-0.15, -0.1) is 0 Å². The zero-order valence-electron chi connectivity index (χ0n) is 10.5. The molecule has 0 unspecified atom stereocenters. The largest absolute Gasteiger partial charge is 0.390 e. The molecule has 0 fully saturated rings. The lowest BCUT2D eigenvalue weighted by Crippen LogP contribution is -2.22. The quantitative estimate of drug-likeness (QED) is 0.872. The highest BCUT2D eigenvalue weighted by atomic mass is 16.3. The van der Waals surface area contributed by atoms with E-state index in [1.807, 2.05) is 30.3 Å². The van der Waals surface area contributed by atoms with Crippen LogP contribution >= 0.6 is 0 Å². The number of aliphatic hydroxyl groups is 1. The van der Waals surface area contributed by atoms with Gasteiger partial charge in [0.05, 0.1) is 24.5 Å². The van der Waals surface area contributed by atoms with Gasteiger partial charge in [0, 0.05) is 24.6 Å². The summed E-state index contributed by atoms with van der Waals surface area (Å²) < 4.78 is 0. The Labute approximate surface area is 107 Å². The van der Waals surface area contributed by atoms with Crippen LogP contribution in [0.2, 0.25) is 0 Å². The van der Waals surface area contributed by atoms with Crippen LogP contribution in [0, 0.1) is 0 Å². The van der Waals surface area contributed by atoms with Gasteiger partial charge in [0.1, 0.15) is 0 Å². The number of pyridine rings is 2. The van der Waals surface area contributed by atoms with Crippen LogP contribution in [-0.4, -0.2) is 21.6 Å². The topological polar surface area (TPSA) is 49.2 Å². The van der Waals surface area contributed by atoms with Crippen molar-refractivity contribution in [3.05, 3.63) is 54.1 Å². The van der Waals surface area contributed by atoms with Crippen molar-refractivity contribution in [2.45, 2.75) is 20.1 Å². The molecule has 0 aliphatic heterocycles. The summed E-state index contributed by atoms with van der Waals surface area (Å²) in [7, 11) is 0. The van der Waals surface area contributed by atoms with Crippen LogP contribution < -0.4 is 4.90 Å².